The molecule has 1 aliphatic heterocycles. The number of nitrogens with zero attached hydrogens (tertiary/aromatic N) is 2. The fourth-order valence-electron chi connectivity index (χ4n) is 1.89. The van der Waals surface area contributed by atoms with E-state index in [-0.39, 0.29) is 24.9 Å². The molecule has 98 valence electrons. The summed E-state index contributed by atoms with van der Waals surface area (Å²) in [7, 11) is 1.65. The first-order chi connectivity index (χ1) is 9.11. The van der Waals surface area contributed by atoms with Gasteiger partial charge >= 0.3 is 0 Å². The monoisotopic (exact) mass is 258 g/mol. The van der Waals surface area contributed by atoms with Gasteiger partial charge in [0.25, 0.3) is 0 Å². The first-order valence-electron chi connectivity index (χ1n) is 5.89. The Hall–Kier alpha value is -2.39. The van der Waals surface area contributed by atoms with Crippen LogP contribution >= 0.6 is 0 Å². The molecule has 6 heteroatoms. The van der Waals surface area contributed by atoms with E-state index in [1.165, 1.54) is 4.90 Å². The molecule has 0 spiro atoms. The summed E-state index contributed by atoms with van der Waals surface area (Å²) in [5.41, 5.74) is 1.16. The highest BCUT2D eigenvalue weighted by Crippen LogP contribution is 2.15. The molecule has 2 rings (SSSR count). The van der Waals surface area contributed by atoms with Gasteiger partial charge in [-0.3, -0.25) is 14.9 Å². The van der Waals surface area contributed by atoms with Gasteiger partial charge in [-0.15, -0.1) is 0 Å². The smallest absolute Gasteiger partial charge is 0.245 e. The molecular formula is C13H14N4O2. The predicted molar refractivity (Wildman–Crippen MR) is 69.4 cm³/mol. The van der Waals surface area contributed by atoms with Crippen molar-refractivity contribution in [3.05, 3.63) is 29.8 Å². The second kappa shape index (κ2) is 5.50. The predicted octanol–water partition coefficient (Wildman–Crippen LogP) is -0.391. The van der Waals surface area contributed by atoms with E-state index in [4.69, 9.17) is 5.26 Å². The zero-order valence-corrected chi connectivity index (χ0v) is 10.5. The molecule has 0 bridgehead atoms. The molecule has 1 aromatic carbocycles. The number of carbonyl (C=O) groups excluding carboxylic acids is 2. The van der Waals surface area contributed by atoms with E-state index < -0.39 is 6.04 Å². The second-order valence-electron chi connectivity index (χ2n) is 4.30. The van der Waals surface area contributed by atoms with Crippen molar-refractivity contribution in [2.24, 2.45) is 0 Å². The number of amides is 2. The number of benzene rings is 1. The van der Waals surface area contributed by atoms with Gasteiger partial charge in [-0.2, -0.15) is 5.26 Å². The Balaban J connectivity index is 2.10. The number of carbonyl (C=O) groups is 2. The van der Waals surface area contributed by atoms with E-state index in [2.05, 4.69) is 10.6 Å². The van der Waals surface area contributed by atoms with Crippen LogP contribution in [0.4, 0.5) is 5.69 Å². The van der Waals surface area contributed by atoms with Gasteiger partial charge in [0.15, 0.2) is 0 Å². The maximum Gasteiger partial charge on any atom is 0.245 e. The topological polar surface area (TPSA) is 85.2 Å². The van der Waals surface area contributed by atoms with Crippen LogP contribution in [0.5, 0.6) is 0 Å². The second-order valence-corrected chi connectivity index (χ2v) is 4.30. The van der Waals surface area contributed by atoms with Gasteiger partial charge < -0.3 is 10.2 Å². The lowest BCUT2D eigenvalue weighted by Gasteiger charge is -2.27. The van der Waals surface area contributed by atoms with Crippen LogP contribution in [0.15, 0.2) is 24.3 Å². The number of nitrogens with one attached hydrogen (secondary N) is 2. The fourth-order valence-corrected chi connectivity index (χ4v) is 1.89. The number of nitriles is 1. The number of hydrogen-bond donors (Lipinski definition) is 2. The molecule has 1 fully saturated rings. The normalized spacial score (nSPS) is 18.3. The molecule has 1 aliphatic rings. The highest BCUT2D eigenvalue weighted by atomic mass is 16.2. The van der Waals surface area contributed by atoms with Gasteiger partial charge in [0.2, 0.25) is 11.8 Å². The number of piperazine rings is 1. The molecule has 0 saturated carbocycles. The van der Waals surface area contributed by atoms with E-state index in [0.717, 1.165) is 0 Å². The molecule has 1 heterocycles. The molecule has 2 amide bonds. The summed E-state index contributed by atoms with van der Waals surface area (Å²) >= 11 is 0. The van der Waals surface area contributed by atoms with Gasteiger partial charge in [-0.25, -0.2) is 0 Å². The molecule has 0 aromatic heterocycles. The number of anilines is 1. The zero-order valence-electron chi connectivity index (χ0n) is 10.5. The number of hydrogen-bond acceptors (Lipinski definition) is 4. The molecule has 2 N–H and O–H groups in total. The quantitative estimate of drug-likeness (QED) is 0.756. The highest BCUT2D eigenvalue weighted by molar-refractivity contribution is 5.98. The fraction of sp³-hybridized carbons (Fsp3) is 0.308. The van der Waals surface area contributed by atoms with Crippen molar-refractivity contribution >= 4 is 17.5 Å². The molecule has 1 unspecified atom stereocenters. The lowest BCUT2D eigenvalue weighted by molar-refractivity contribution is -0.125. The Bertz CT molecular complexity index is 540. The van der Waals surface area contributed by atoms with E-state index in [9.17, 15) is 9.59 Å². The van der Waals surface area contributed by atoms with Crippen LogP contribution in [-0.4, -0.2) is 38.0 Å². The Morgan fingerprint density at radius 2 is 2.32 bits per heavy atom. The molecule has 0 aliphatic carbocycles. The molecule has 19 heavy (non-hydrogen) atoms. The Labute approximate surface area is 111 Å². The first-order valence-corrected chi connectivity index (χ1v) is 5.89. The maximum absolute atomic E-state index is 12.2. The number of rotatable bonds is 2. The van der Waals surface area contributed by atoms with Crippen LogP contribution in [0.2, 0.25) is 0 Å². The van der Waals surface area contributed by atoms with Crippen LogP contribution in [0.25, 0.3) is 0 Å². The minimum atomic E-state index is -0.437. The van der Waals surface area contributed by atoms with Gasteiger partial charge in [-0.05, 0) is 18.2 Å². The minimum Gasteiger partial charge on any atom is -0.353 e. The molecule has 1 saturated heterocycles. The Morgan fingerprint density at radius 3 is 2.95 bits per heavy atom. The third-order valence-electron chi connectivity index (χ3n) is 3.00. The number of likely N-dealkylation sites (N-methyl/N-ethyl adjacent to an activating group) is 1. The summed E-state index contributed by atoms with van der Waals surface area (Å²) in [5.74, 6) is -0.256. The Morgan fingerprint density at radius 1 is 1.53 bits per heavy atom. The lowest BCUT2D eigenvalue weighted by Crippen LogP contribution is -2.58. The van der Waals surface area contributed by atoms with E-state index in [1.807, 2.05) is 6.07 Å². The highest BCUT2D eigenvalue weighted by Gasteiger charge is 2.26. The SMILES string of the molecule is CN(C(=O)C1CNC(=O)CN1)c1cccc(C#N)c1. The van der Waals surface area contributed by atoms with E-state index in [1.54, 1.807) is 31.3 Å². The maximum atomic E-state index is 12.2. The van der Waals surface area contributed by atoms with Crippen molar-refractivity contribution in [2.75, 3.05) is 25.0 Å². The van der Waals surface area contributed by atoms with Gasteiger partial charge in [0.1, 0.15) is 6.04 Å². The molecule has 1 atom stereocenters. The van der Waals surface area contributed by atoms with Crippen LogP contribution in [0.1, 0.15) is 5.56 Å². The van der Waals surface area contributed by atoms with Crippen LogP contribution in [-0.2, 0) is 9.59 Å². The van der Waals surface area contributed by atoms with Crippen molar-refractivity contribution < 1.29 is 9.59 Å². The van der Waals surface area contributed by atoms with Crippen molar-refractivity contribution in [3.63, 3.8) is 0 Å². The summed E-state index contributed by atoms with van der Waals surface area (Å²) in [6, 6.07) is 8.43. The summed E-state index contributed by atoms with van der Waals surface area (Å²) < 4.78 is 0. The summed E-state index contributed by atoms with van der Waals surface area (Å²) in [5, 5.41) is 14.4. The third kappa shape index (κ3) is 2.89. The van der Waals surface area contributed by atoms with Crippen LogP contribution < -0.4 is 15.5 Å². The molecular weight excluding hydrogens is 244 g/mol. The van der Waals surface area contributed by atoms with Gasteiger partial charge in [0, 0.05) is 19.3 Å². The summed E-state index contributed by atoms with van der Waals surface area (Å²) in [4.78, 5) is 24.7. The average molecular weight is 258 g/mol. The Kier molecular flexibility index (Phi) is 3.78. The minimum absolute atomic E-state index is 0.113. The summed E-state index contributed by atoms with van der Waals surface area (Å²) in [6.45, 7) is 0.419. The van der Waals surface area contributed by atoms with Gasteiger partial charge in [0.05, 0.1) is 18.2 Å². The molecule has 0 radical (unpaired) electrons. The lowest BCUT2D eigenvalue weighted by atomic mass is 10.1. The van der Waals surface area contributed by atoms with E-state index >= 15 is 0 Å². The molecule has 1 aromatic rings. The van der Waals surface area contributed by atoms with E-state index in [0.29, 0.717) is 11.3 Å². The summed E-state index contributed by atoms with van der Waals surface area (Å²) in [6.07, 6.45) is 0. The molecule has 6 nitrogen and oxygen atoms in total. The van der Waals surface area contributed by atoms with Crippen LogP contribution in [0.3, 0.4) is 0 Å². The standard InChI is InChI=1S/C13H14N4O2/c1-17(10-4-2-3-9(5-10)6-14)13(19)11-7-16-12(18)8-15-11/h2-5,11,15H,7-8H2,1H3,(H,16,18). The third-order valence-corrected chi connectivity index (χ3v) is 3.00. The van der Waals surface area contributed by atoms with Crippen molar-refractivity contribution in [1.29, 1.82) is 5.26 Å². The average Bonchev–Trinajstić information content (AvgIpc) is 2.46. The van der Waals surface area contributed by atoms with Crippen molar-refractivity contribution in [1.82, 2.24) is 10.6 Å². The van der Waals surface area contributed by atoms with Crippen LogP contribution in [0, 0.1) is 11.3 Å². The first kappa shape index (κ1) is 13.1. The van der Waals surface area contributed by atoms with Gasteiger partial charge in [-0.1, -0.05) is 6.07 Å². The van der Waals surface area contributed by atoms with Crippen molar-refractivity contribution in [2.45, 2.75) is 6.04 Å². The largest absolute Gasteiger partial charge is 0.353 e. The zero-order chi connectivity index (χ0) is 13.8. The van der Waals surface area contributed by atoms with Crippen molar-refractivity contribution in [3.8, 4) is 6.07 Å².